The largest absolute Gasteiger partial charge is 0.347 e. The van der Waals surface area contributed by atoms with Crippen LogP contribution in [0.5, 0.6) is 0 Å². The molecule has 0 radical (unpaired) electrons. The van der Waals surface area contributed by atoms with Gasteiger partial charge in [-0.25, -0.2) is 4.98 Å². The van der Waals surface area contributed by atoms with E-state index in [1.165, 1.54) is 0 Å². The predicted molar refractivity (Wildman–Crippen MR) is 100 cm³/mol. The third-order valence-corrected chi connectivity index (χ3v) is 5.38. The second kappa shape index (κ2) is 7.90. The van der Waals surface area contributed by atoms with Gasteiger partial charge >= 0.3 is 0 Å². The highest BCUT2D eigenvalue weighted by Crippen LogP contribution is 2.22. The van der Waals surface area contributed by atoms with Gasteiger partial charge in [-0.1, -0.05) is 18.9 Å². The first-order valence-electron chi connectivity index (χ1n) is 9.81. The van der Waals surface area contributed by atoms with Crippen LogP contribution >= 0.6 is 0 Å². The van der Waals surface area contributed by atoms with E-state index in [4.69, 9.17) is 0 Å². The molecule has 0 bridgehead atoms. The fourth-order valence-electron chi connectivity index (χ4n) is 3.98. The molecular weight excluding hydrogens is 342 g/mol. The molecule has 142 valence electrons. The summed E-state index contributed by atoms with van der Waals surface area (Å²) in [5.74, 6) is -0.0281. The lowest BCUT2D eigenvalue weighted by Crippen LogP contribution is -2.35. The molecule has 2 aromatic heterocycles. The molecule has 1 aliphatic carbocycles. The van der Waals surface area contributed by atoms with E-state index < -0.39 is 0 Å². The molecule has 1 saturated carbocycles. The van der Waals surface area contributed by atoms with E-state index in [-0.39, 0.29) is 17.9 Å². The number of imidazole rings is 1. The van der Waals surface area contributed by atoms with Crippen molar-refractivity contribution in [3.05, 3.63) is 47.3 Å². The van der Waals surface area contributed by atoms with Gasteiger partial charge in [0.15, 0.2) is 5.82 Å². The van der Waals surface area contributed by atoms with Crippen LogP contribution < -0.4 is 10.6 Å². The zero-order valence-electron chi connectivity index (χ0n) is 15.4. The van der Waals surface area contributed by atoms with Crippen molar-refractivity contribution in [1.29, 1.82) is 0 Å². The quantitative estimate of drug-likeness (QED) is 0.848. The van der Waals surface area contributed by atoms with Gasteiger partial charge in [-0.15, -0.1) is 0 Å². The third-order valence-electron chi connectivity index (χ3n) is 5.38. The number of pyridine rings is 1. The summed E-state index contributed by atoms with van der Waals surface area (Å²) < 4.78 is 1.93. The Balaban J connectivity index is 1.52. The molecular formula is C20H25N5O2. The van der Waals surface area contributed by atoms with Crippen LogP contribution in [0.2, 0.25) is 0 Å². The molecule has 0 unspecified atom stereocenters. The van der Waals surface area contributed by atoms with E-state index in [0.29, 0.717) is 18.1 Å². The molecule has 0 spiro atoms. The van der Waals surface area contributed by atoms with E-state index in [9.17, 15) is 9.59 Å². The van der Waals surface area contributed by atoms with Crippen molar-refractivity contribution in [1.82, 2.24) is 25.2 Å². The van der Waals surface area contributed by atoms with Gasteiger partial charge in [-0.3, -0.25) is 14.6 Å². The van der Waals surface area contributed by atoms with E-state index in [1.54, 1.807) is 6.20 Å². The Morgan fingerprint density at radius 2 is 1.96 bits per heavy atom. The van der Waals surface area contributed by atoms with Gasteiger partial charge in [0.1, 0.15) is 5.69 Å². The molecule has 7 nitrogen and oxygen atoms in total. The van der Waals surface area contributed by atoms with Gasteiger partial charge < -0.3 is 15.2 Å². The number of fused-ring (bicyclic) bond motifs is 1. The number of amides is 2. The number of rotatable bonds is 5. The number of carbonyl (C=O) groups is 2. The molecule has 7 heteroatoms. The Bertz CT molecular complexity index is 824. The topological polar surface area (TPSA) is 88.9 Å². The number of carbonyl (C=O) groups excluding carboxylic acids is 2. The number of aromatic nitrogens is 3. The molecule has 27 heavy (non-hydrogen) atoms. The summed E-state index contributed by atoms with van der Waals surface area (Å²) in [5.41, 5.74) is 2.04. The monoisotopic (exact) mass is 367 g/mol. The van der Waals surface area contributed by atoms with E-state index in [0.717, 1.165) is 62.9 Å². The minimum Gasteiger partial charge on any atom is -0.347 e. The van der Waals surface area contributed by atoms with Crippen molar-refractivity contribution < 1.29 is 9.59 Å². The molecule has 0 atom stereocenters. The highest BCUT2D eigenvalue weighted by atomic mass is 16.2. The number of nitrogens with one attached hydrogen (secondary N) is 2. The second-order valence-electron chi connectivity index (χ2n) is 7.30. The SMILES string of the molecule is O=C(NCc1ccccn1)c1nc(C(=O)NC2CCCC2)n2c1CCCC2. The first-order valence-corrected chi connectivity index (χ1v) is 9.81. The van der Waals surface area contributed by atoms with Crippen LogP contribution in [0.15, 0.2) is 24.4 Å². The normalized spacial score (nSPS) is 16.7. The first kappa shape index (κ1) is 17.7. The summed E-state index contributed by atoms with van der Waals surface area (Å²) in [4.78, 5) is 34.2. The average molecular weight is 367 g/mol. The van der Waals surface area contributed by atoms with E-state index in [1.807, 2.05) is 22.8 Å². The van der Waals surface area contributed by atoms with Crippen LogP contribution in [0, 0.1) is 0 Å². The Kier molecular flexibility index (Phi) is 5.18. The van der Waals surface area contributed by atoms with Crippen molar-refractivity contribution >= 4 is 11.8 Å². The second-order valence-corrected chi connectivity index (χ2v) is 7.30. The summed E-state index contributed by atoms with van der Waals surface area (Å²) in [6.45, 7) is 1.08. The van der Waals surface area contributed by atoms with Crippen LogP contribution in [0.1, 0.15) is 71.0 Å². The zero-order valence-corrected chi connectivity index (χ0v) is 15.4. The lowest BCUT2D eigenvalue weighted by atomic mass is 10.1. The van der Waals surface area contributed by atoms with Crippen molar-refractivity contribution in [3.8, 4) is 0 Å². The number of hydrogen-bond donors (Lipinski definition) is 2. The molecule has 1 fully saturated rings. The molecule has 2 aromatic rings. The lowest BCUT2D eigenvalue weighted by Gasteiger charge is -2.18. The predicted octanol–water partition coefficient (Wildman–Crippen LogP) is 2.22. The summed E-state index contributed by atoms with van der Waals surface area (Å²) in [5, 5.41) is 5.97. The minimum absolute atomic E-state index is 0.158. The molecule has 3 heterocycles. The number of nitrogens with zero attached hydrogens (tertiary/aromatic N) is 3. The smallest absolute Gasteiger partial charge is 0.287 e. The Morgan fingerprint density at radius 3 is 2.74 bits per heavy atom. The van der Waals surface area contributed by atoms with Crippen molar-refractivity contribution in [2.45, 2.75) is 64.1 Å². The standard InChI is InChI=1S/C20H25N5O2/c26-19(22-13-15-9-3-5-11-21-15)17-16-10-4-6-12-25(16)18(24-17)20(27)23-14-7-1-2-8-14/h3,5,9,11,14H,1-2,4,6-8,10,12-13H2,(H,22,26)(H,23,27). The van der Waals surface area contributed by atoms with Gasteiger partial charge in [-0.05, 0) is 44.2 Å². The molecule has 2 amide bonds. The Labute approximate surface area is 158 Å². The van der Waals surface area contributed by atoms with Crippen molar-refractivity contribution in [2.75, 3.05) is 0 Å². The van der Waals surface area contributed by atoms with E-state index >= 15 is 0 Å². The van der Waals surface area contributed by atoms with Crippen LogP contribution in [0.3, 0.4) is 0 Å². The molecule has 4 rings (SSSR count). The Morgan fingerprint density at radius 1 is 1.11 bits per heavy atom. The molecule has 1 aliphatic heterocycles. The molecule has 2 aliphatic rings. The van der Waals surface area contributed by atoms with Crippen LogP contribution in [-0.4, -0.2) is 32.4 Å². The van der Waals surface area contributed by atoms with Crippen molar-refractivity contribution in [3.63, 3.8) is 0 Å². The summed E-state index contributed by atoms with van der Waals surface area (Å²) in [6, 6.07) is 5.82. The van der Waals surface area contributed by atoms with Gasteiger partial charge in [0.25, 0.3) is 11.8 Å². The summed E-state index contributed by atoms with van der Waals surface area (Å²) in [7, 11) is 0. The molecule has 0 aromatic carbocycles. The third kappa shape index (κ3) is 3.86. The fraction of sp³-hybridized carbons (Fsp3) is 0.500. The highest BCUT2D eigenvalue weighted by molar-refractivity contribution is 5.97. The van der Waals surface area contributed by atoms with Gasteiger partial charge in [-0.2, -0.15) is 0 Å². The van der Waals surface area contributed by atoms with Crippen molar-refractivity contribution in [2.24, 2.45) is 0 Å². The maximum Gasteiger partial charge on any atom is 0.287 e. The van der Waals surface area contributed by atoms with Crippen LogP contribution in [0.25, 0.3) is 0 Å². The van der Waals surface area contributed by atoms with Crippen LogP contribution in [-0.2, 0) is 19.5 Å². The number of hydrogen-bond acceptors (Lipinski definition) is 4. The van der Waals surface area contributed by atoms with Gasteiger partial charge in [0.2, 0.25) is 0 Å². The average Bonchev–Trinajstić information content (AvgIpc) is 3.34. The highest BCUT2D eigenvalue weighted by Gasteiger charge is 2.28. The molecule has 0 saturated heterocycles. The van der Waals surface area contributed by atoms with Crippen LogP contribution in [0.4, 0.5) is 0 Å². The minimum atomic E-state index is -0.244. The maximum absolute atomic E-state index is 12.8. The lowest BCUT2D eigenvalue weighted by molar-refractivity contribution is 0.0921. The van der Waals surface area contributed by atoms with E-state index in [2.05, 4.69) is 20.6 Å². The zero-order chi connectivity index (χ0) is 18.6. The Hall–Kier alpha value is -2.70. The molecule has 2 N–H and O–H groups in total. The summed E-state index contributed by atoms with van der Waals surface area (Å²) >= 11 is 0. The fourth-order valence-corrected chi connectivity index (χ4v) is 3.98. The first-order chi connectivity index (χ1) is 13.2. The van der Waals surface area contributed by atoms with Gasteiger partial charge in [0, 0.05) is 18.8 Å². The maximum atomic E-state index is 12.8. The van der Waals surface area contributed by atoms with Gasteiger partial charge in [0.05, 0.1) is 17.9 Å². The summed E-state index contributed by atoms with van der Waals surface area (Å²) in [6.07, 6.45) is 8.85.